The SMILES string of the molecule is O=C(O)C1CC=CCC1.O=C(O)C1CC=CCC1.[Zn]. The third-order valence-corrected chi connectivity index (χ3v) is 3.24. The monoisotopic (exact) mass is 316 g/mol. The van der Waals surface area contributed by atoms with E-state index in [1.165, 1.54) is 0 Å². The molecule has 0 amide bonds. The van der Waals surface area contributed by atoms with Gasteiger partial charge in [0.1, 0.15) is 0 Å². The summed E-state index contributed by atoms with van der Waals surface area (Å²) < 4.78 is 0. The van der Waals surface area contributed by atoms with Gasteiger partial charge < -0.3 is 10.2 Å². The molecule has 0 fully saturated rings. The van der Waals surface area contributed by atoms with E-state index in [2.05, 4.69) is 0 Å². The van der Waals surface area contributed by atoms with E-state index in [0.29, 0.717) is 0 Å². The molecule has 2 aliphatic carbocycles. The van der Waals surface area contributed by atoms with Gasteiger partial charge in [-0.2, -0.15) is 0 Å². The van der Waals surface area contributed by atoms with Crippen molar-refractivity contribution in [1.82, 2.24) is 0 Å². The quantitative estimate of drug-likeness (QED) is 0.606. The Morgan fingerprint density at radius 2 is 1.16 bits per heavy atom. The van der Waals surface area contributed by atoms with Gasteiger partial charge in [0.15, 0.2) is 0 Å². The van der Waals surface area contributed by atoms with Crippen LogP contribution in [0.4, 0.5) is 0 Å². The number of carbonyl (C=O) groups is 2. The second-order valence-corrected chi connectivity index (χ2v) is 4.64. The summed E-state index contributed by atoms with van der Waals surface area (Å²) >= 11 is 0. The minimum atomic E-state index is -0.653. The molecule has 102 valence electrons. The first-order valence-corrected chi connectivity index (χ1v) is 6.37. The van der Waals surface area contributed by atoms with E-state index >= 15 is 0 Å². The first-order valence-electron chi connectivity index (χ1n) is 6.37. The molecule has 5 heteroatoms. The van der Waals surface area contributed by atoms with Crippen molar-refractivity contribution in [1.29, 1.82) is 0 Å². The van der Waals surface area contributed by atoms with Crippen molar-refractivity contribution in [3.05, 3.63) is 24.3 Å². The van der Waals surface area contributed by atoms with E-state index in [1.807, 2.05) is 24.3 Å². The van der Waals surface area contributed by atoms with E-state index in [9.17, 15) is 9.59 Å². The Morgan fingerprint density at radius 3 is 1.32 bits per heavy atom. The van der Waals surface area contributed by atoms with Gasteiger partial charge in [-0.05, 0) is 38.5 Å². The third-order valence-electron chi connectivity index (χ3n) is 3.24. The number of allylic oxidation sites excluding steroid dienone is 4. The Bertz CT molecular complexity index is 315. The number of carboxylic acids is 2. The molecule has 2 aliphatic rings. The zero-order valence-corrected chi connectivity index (χ0v) is 14.1. The Balaban J connectivity index is 0.000000324. The number of hydrogen-bond donors (Lipinski definition) is 2. The molecule has 0 heterocycles. The average molecular weight is 318 g/mol. The third kappa shape index (κ3) is 7.26. The topological polar surface area (TPSA) is 74.6 Å². The Morgan fingerprint density at radius 1 is 0.789 bits per heavy atom. The summed E-state index contributed by atoms with van der Waals surface area (Å²) in [4.78, 5) is 20.6. The van der Waals surface area contributed by atoms with Gasteiger partial charge in [0, 0.05) is 19.5 Å². The van der Waals surface area contributed by atoms with E-state index in [1.54, 1.807) is 0 Å². The molecule has 0 radical (unpaired) electrons. The fraction of sp³-hybridized carbons (Fsp3) is 0.571. The predicted molar refractivity (Wildman–Crippen MR) is 68.2 cm³/mol. The van der Waals surface area contributed by atoms with Crippen molar-refractivity contribution in [2.45, 2.75) is 38.5 Å². The summed E-state index contributed by atoms with van der Waals surface area (Å²) in [6.07, 6.45) is 12.9. The average Bonchev–Trinajstić information content (AvgIpc) is 2.41. The van der Waals surface area contributed by atoms with Crippen LogP contribution in [-0.2, 0) is 29.1 Å². The second kappa shape index (κ2) is 9.91. The first kappa shape index (κ1) is 18.0. The Hall–Kier alpha value is -0.957. The number of hydrogen-bond acceptors (Lipinski definition) is 2. The van der Waals surface area contributed by atoms with Crippen LogP contribution in [0.5, 0.6) is 0 Å². The van der Waals surface area contributed by atoms with Crippen LogP contribution in [0.15, 0.2) is 24.3 Å². The summed E-state index contributed by atoms with van der Waals surface area (Å²) in [6.45, 7) is 0. The summed E-state index contributed by atoms with van der Waals surface area (Å²) in [5, 5.41) is 17.0. The molecule has 19 heavy (non-hydrogen) atoms. The molecule has 0 spiro atoms. The minimum Gasteiger partial charge on any atom is -0.481 e. The molecule has 2 N–H and O–H groups in total. The van der Waals surface area contributed by atoms with Crippen molar-refractivity contribution in [3.63, 3.8) is 0 Å². The maximum absolute atomic E-state index is 10.3. The fourth-order valence-electron chi connectivity index (χ4n) is 2.04. The van der Waals surface area contributed by atoms with Crippen LogP contribution in [0.25, 0.3) is 0 Å². The van der Waals surface area contributed by atoms with Gasteiger partial charge in [-0.25, -0.2) is 0 Å². The van der Waals surface area contributed by atoms with Crippen molar-refractivity contribution < 1.29 is 39.3 Å². The van der Waals surface area contributed by atoms with Gasteiger partial charge in [-0.15, -0.1) is 0 Å². The maximum atomic E-state index is 10.3. The van der Waals surface area contributed by atoms with Gasteiger partial charge >= 0.3 is 11.9 Å². The summed E-state index contributed by atoms with van der Waals surface area (Å²) in [5.41, 5.74) is 0. The van der Waals surface area contributed by atoms with Crippen molar-refractivity contribution in [2.75, 3.05) is 0 Å². The molecule has 0 saturated heterocycles. The molecule has 2 unspecified atom stereocenters. The van der Waals surface area contributed by atoms with Gasteiger partial charge in [0.25, 0.3) is 0 Å². The Kier molecular flexibility index (Phi) is 9.41. The van der Waals surface area contributed by atoms with Gasteiger partial charge in [-0.1, -0.05) is 24.3 Å². The molecule has 0 aliphatic heterocycles. The molecule has 0 bridgehead atoms. The number of aliphatic carboxylic acids is 2. The molecule has 4 nitrogen and oxygen atoms in total. The zero-order chi connectivity index (χ0) is 13.4. The molecule has 0 aromatic carbocycles. The normalized spacial score (nSPS) is 24.6. The van der Waals surface area contributed by atoms with E-state index in [-0.39, 0.29) is 31.3 Å². The van der Waals surface area contributed by atoms with Crippen LogP contribution in [0.1, 0.15) is 38.5 Å². The van der Waals surface area contributed by atoms with Crippen LogP contribution in [-0.4, -0.2) is 22.2 Å². The van der Waals surface area contributed by atoms with Gasteiger partial charge in [0.2, 0.25) is 0 Å². The Labute approximate surface area is 126 Å². The number of carboxylic acid groups (broad SMARTS) is 2. The zero-order valence-electron chi connectivity index (χ0n) is 11.1. The molecule has 0 aromatic heterocycles. The summed E-state index contributed by atoms with van der Waals surface area (Å²) in [6, 6.07) is 0. The van der Waals surface area contributed by atoms with E-state index in [4.69, 9.17) is 10.2 Å². The summed E-state index contributed by atoms with van der Waals surface area (Å²) in [5.74, 6) is -1.54. The van der Waals surface area contributed by atoms with Crippen molar-refractivity contribution >= 4 is 11.9 Å². The van der Waals surface area contributed by atoms with Crippen molar-refractivity contribution in [3.8, 4) is 0 Å². The molecular formula is C14H20O4Zn. The smallest absolute Gasteiger partial charge is 0.306 e. The predicted octanol–water partition coefficient (Wildman–Crippen LogP) is 2.85. The second-order valence-electron chi connectivity index (χ2n) is 4.64. The van der Waals surface area contributed by atoms with E-state index < -0.39 is 11.9 Å². The minimum absolute atomic E-state index is 0. The molecule has 2 atom stereocenters. The van der Waals surface area contributed by atoms with Crippen LogP contribution in [0.2, 0.25) is 0 Å². The standard InChI is InChI=1S/2C7H10O2.Zn/c2*8-7(9)6-4-2-1-3-5-6;/h2*1-2,6H,3-5H2,(H,8,9);. The van der Waals surface area contributed by atoms with E-state index in [0.717, 1.165) is 38.5 Å². The molecule has 0 aromatic rings. The fourth-order valence-corrected chi connectivity index (χ4v) is 2.04. The first-order chi connectivity index (χ1) is 8.61. The molecular weight excluding hydrogens is 298 g/mol. The summed E-state index contributed by atoms with van der Waals surface area (Å²) in [7, 11) is 0. The van der Waals surface area contributed by atoms with Gasteiger partial charge in [-0.3, -0.25) is 9.59 Å². The van der Waals surface area contributed by atoms with Crippen LogP contribution >= 0.6 is 0 Å². The van der Waals surface area contributed by atoms with Crippen LogP contribution in [0.3, 0.4) is 0 Å². The molecule has 0 saturated carbocycles. The van der Waals surface area contributed by atoms with Gasteiger partial charge in [0.05, 0.1) is 11.8 Å². The largest absolute Gasteiger partial charge is 0.481 e. The van der Waals surface area contributed by atoms with Crippen LogP contribution < -0.4 is 0 Å². The number of rotatable bonds is 2. The molecule has 2 rings (SSSR count). The van der Waals surface area contributed by atoms with Crippen molar-refractivity contribution in [2.24, 2.45) is 11.8 Å². The maximum Gasteiger partial charge on any atom is 0.306 e. The van der Waals surface area contributed by atoms with Crippen LogP contribution in [0, 0.1) is 11.8 Å².